The summed E-state index contributed by atoms with van der Waals surface area (Å²) in [6, 6.07) is -1.02. The average molecular weight is 840 g/mol. The number of alkyl halides is 1. The number of hydrogen-bond acceptors (Lipinski definition) is 10. The molecular weight excluding hydrogens is 760 g/mol. The molecule has 1 heterocycles. The zero-order chi connectivity index (χ0) is 39.8. The van der Waals surface area contributed by atoms with Gasteiger partial charge in [-0.15, -0.1) is 0 Å². The number of aliphatic hydroxyl groups excluding tert-OH is 6. The molecule has 0 aliphatic carbocycles. The molecule has 0 saturated carbocycles. The van der Waals surface area contributed by atoms with E-state index in [0.29, 0.717) is 25.8 Å². The molecule has 0 bridgehead atoms. The van der Waals surface area contributed by atoms with Gasteiger partial charge in [-0.05, 0) is 32.1 Å². The molecule has 8 atom stereocenters. The zero-order valence-electron chi connectivity index (χ0n) is 33.5. The number of unbranched alkanes of at least 4 members (excludes halogenated alkanes) is 20. The summed E-state index contributed by atoms with van der Waals surface area (Å²) in [6.07, 6.45) is 16.5. The van der Waals surface area contributed by atoms with Gasteiger partial charge in [0.2, 0.25) is 11.8 Å². The van der Waals surface area contributed by atoms with Crippen molar-refractivity contribution >= 4 is 27.7 Å². The smallest absolute Gasteiger partial charge is 0.220 e. The second kappa shape index (κ2) is 34.2. The highest BCUT2D eigenvalue weighted by Crippen LogP contribution is 2.23. The minimum absolute atomic E-state index is 0.125. The molecule has 0 aromatic heterocycles. The van der Waals surface area contributed by atoms with Gasteiger partial charge >= 0.3 is 0 Å². The molecule has 1 rings (SSSR count). The summed E-state index contributed by atoms with van der Waals surface area (Å²) < 4.78 is 11.1. The van der Waals surface area contributed by atoms with Crippen LogP contribution in [0.2, 0.25) is 0 Å². The lowest BCUT2D eigenvalue weighted by Gasteiger charge is -2.40. The van der Waals surface area contributed by atoms with Gasteiger partial charge in [-0.3, -0.25) is 9.59 Å². The lowest BCUT2D eigenvalue weighted by molar-refractivity contribution is -0.303. The monoisotopic (exact) mass is 838 g/mol. The van der Waals surface area contributed by atoms with Crippen LogP contribution < -0.4 is 10.6 Å². The topological polar surface area (TPSA) is 198 Å². The SMILES string of the molecule is CCCCCCCCCCCCCC[C@@H](O)[C@@H](O)[C@H](CO[C@H]1OC(CO)[C@H](O)[C@H](O)C1O)NC(=O)CCCCCCCCNC(=O)CCCCCCCBr. The van der Waals surface area contributed by atoms with E-state index < -0.39 is 55.6 Å². The fraction of sp³-hybridized carbons (Fsp3) is 0.951. The molecule has 8 N–H and O–H groups in total. The molecule has 0 aromatic rings. The highest BCUT2D eigenvalue weighted by molar-refractivity contribution is 9.09. The normalized spacial score (nSPS) is 21.8. The van der Waals surface area contributed by atoms with Crippen LogP contribution in [0.25, 0.3) is 0 Å². The van der Waals surface area contributed by atoms with E-state index in [-0.39, 0.29) is 24.8 Å². The Bertz CT molecular complexity index is 904. The van der Waals surface area contributed by atoms with Crippen molar-refractivity contribution in [1.82, 2.24) is 10.6 Å². The molecule has 1 fully saturated rings. The first-order chi connectivity index (χ1) is 26.2. The summed E-state index contributed by atoms with van der Waals surface area (Å²) in [5.41, 5.74) is 0. The molecule has 1 aliphatic heterocycles. The third kappa shape index (κ3) is 24.7. The second-order valence-corrected chi connectivity index (χ2v) is 16.2. The van der Waals surface area contributed by atoms with Crippen LogP contribution in [-0.4, -0.2) is 116 Å². The van der Waals surface area contributed by atoms with Crippen LogP contribution in [-0.2, 0) is 19.1 Å². The minimum atomic E-state index is -1.62. The van der Waals surface area contributed by atoms with Crippen LogP contribution >= 0.6 is 15.9 Å². The molecule has 13 heteroatoms. The third-order valence-corrected chi connectivity index (χ3v) is 11.0. The van der Waals surface area contributed by atoms with Crippen LogP contribution in [0.1, 0.15) is 174 Å². The maximum absolute atomic E-state index is 13.0. The third-order valence-electron chi connectivity index (χ3n) is 10.5. The first-order valence-electron chi connectivity index (χ1n) is 21.6. The minimum Gasteiger partial charge on any atom is -0.394 e. The Morgan fingerprint density at radius 1 is 0.667 bits per heavy atom. The summed E-state index contributed by atoms with van der Waals surface area (Å²) in [4.78, 5) is 25.0. The maximum atomic E-state index is 13.0. The Labute approximate surface area is 335 Å². The van der Waals surface area contributed by atoms with Crippen molar-refractivity contribution in [3.63, 3.8) is 0 Å². The van der Waals surface area contributed by atoms with E-state index in [9.17, 15) is 40.2 Å². The molecule has 1 aliphatic rings. The summed E-state index contributed by atoms with van der Waals surface area (Å²) >= 11 is 3.44. The first-order valence-corrected chi connectivity index (χ1v) is 22.7. The average Bonchev–Trinajstić information content (AvgIpc) is 3.16. The van der Waals surface area contributed by atoms with E-state index in [1.807, 2.05) is 0 Å². The Balaban J connectivity index is 2.43. The van der Waals surface area contributed by atoms with Gasteiger partial charge in [-0.2, -0.15) is 0 Å². The molecule has 1 saturated heterocycles. The number of amides is 2. The predicted octanol–water partition coefficient (Wildman–Crippen LogP) is 5.68. The molecule has 0 spiro atoms. The van der Waals surface area contributed by atoms with Gasteiger partial charge in [0.05, 0.1) is 25.4 Å². The molecule has 2 amide bonds. The number of nitrogens with one attached hydrogen (secondary N) is 2. The molecule has 2 unspecified atom stereocenters. The van der Waals surface area contributed by atoms with Gasteiger partial charge in [0.15, 0.2) is 6.29 Å². The quantitative estimate of drug-likeness (QED) is 0.0287. The van der Waals surface area contributed by atoms with Crippen LogP contribution in [0, 0.1) is 0 Å². The first kappa shape index (κ1) is 51.1. The Kier molecular flexibility index (Phi) is 32.3. The molecule has 320 valence electrons. The standard InChI is InChI=1S/C41H79BrN2O10/c1-2-3-4-5-6-7-8-9-10-11-15-20-25-33(46)37(49)32(31-53-41-40(52)39(51)38(50)34(30-45)54-41)44-36(48)27-22-16-12-13-19-24-29-43-35(47)26-21-17-14-18-23-28-42/h32-34,37-41,45-46,49-52H,2-31H2,1H3,(H,43,47)(H,44,48)/t32-,33+,34?,37-,38-,39-,40?,41-/m0/s1. The van der Waals surface area contributed by atoms with Crippen molar-refractivity contribution in [1.29, 1.82) is 0 Å². The number of rotatable bonds is 36. The lowest BCUT2D eigenvalue weighted by atomic mass is 9.98. The van der Waals surface area contributed by atoms with Crippen molar-refractivity contribution in [3.05, 3.63) is 0 Å². The molecular formula is C41H79BrN2O10. The van der Waals surface area contributed by atoms with E-state index in [2.05, 4.69) is 33.5 Å². The number of ether oxygens (including phenoxy) is 2. The van der Waals surface area contributed by atoms with Crippen molar-refractivity contribution in [2.24, 2.45) is 0 Å². The number of halogens is 1. The zero-order valence-corrected chi connectivity index (χ0v) is 35.1. The Hall–Kier alpha value is -0.900. The molecule has 0 radical (unpaired) electrons. The molecule has 54 heavy (non-hydrogen) atoms. The summed E-state index contributed by atoms with van der Waals surface area (Å²) in [5.74, 6) is -0.180. The van der Waals surface area contributed by atoms with E-state index in [0.717, 1.165) is 76.0 Å². The lowest BCUT2D eigenvalue weighted by Crippen LogP contribution is -2.60. The largest absolute Gasteiger partial charge is 0.394 e. The van der Waals surface area contributed by atoms with E-state index in [1.165, 1.54) is 70.6 Å². The highest BCUT2D eigenvalue weighted by atomic mass is 79.9. The molecule has 12 nitrogen and oxygen atoms in total. The molecule has 0 aromatic carbocycles. The van der Waals surface area contributed by atoms with Gasteiger partial charge in [0.1, 0.15) is 30.5 Å². The highest BCUT2D eigenvalue weighted by Gasteiger charge is 2.44. The second-order valence-electron chi connectivity index (χ2n) is 15.4. The van der Waals surface area contributed by atoms with Gasteiger partial charge < -0.3 is 50.7 Å². The Morgan fingerprint density at radius 2 is 1.17 bits per heavy atom. The van der Waals surface area contributed by atoms with Crippen molar-refractivity contribution in [3.8, 4) is 0 Å². The summed E-state index contributed by atoms with van der Waals surface area (Å²) in [5, 5.41) is 69.0. The number of carbonyl (C=O) groups is 2. The number of aliphatic hydroxyl groups is 6. The van der Waals surface area contributed by atoms with Gasteiger partial charge in [-0.25, -0.2) is 0 Å². The van der Waals surface area contributed by atoms with Crippen molar-refractivity contribution in [2.45, 2.75) is 223 Å². The summed E-state index contributed by atoms with van der Waals surface area (Å²) in [6.45, 7) is 1.97. The maximum Gasteiger partial charge on any atom is 0.220 e. The predicted molar refractivity (Wildman–Crippen MR) is 216 cm³/mol. The number of carbonyl (C=O) groups excluding carboxylic acids is 2. The van der Waals surface area contributed by atoms with E-state index >= 15 is 0 Å². The van der Waals surface area contributed by atoms with Crippen LogP contribution in [0.4, 0.5) is 0 Å². The van der Waals surface area contributed by atoms with Gasteiger partial charge in [-0.1, -0.05) is 145 Å². The van der Waals surface area contributed by atoms with Crippen LogP contribution in [0.3, 0.4) is 0 Å². The summed E-state index contributed by atoms with van der Waals surface area (Å²) in [7, 11) is 0. The van der Waals surface area contributed by atoms with Crippen molar-refractivity contribution in [2.75, 3.05) is 25.1 Å². The Morgan fingerprint density at radius 3 is 1.72 bits per heavy atom. The van der Waals surface area contributed by atoms with Crippen LogP contribution in [0.5, 0.6) is 0 Å². The van der Waals surface area contributed by atoms with Gasteiger partial charge in [0, 0.05) is 24.7 Å². The van der Waals surface area contributed by atoms with Gasteiger partial charge in [0.25, 0.3) is 0 Å². The van der Waals surface area contributed by atoms with E-state index in [1.54, 1.807) is 0 Å². The number of hydrogen-bond donors (Lipinski definition) is 8. The fourth-order valence-electron chi connectivity index (χ4n) is 6.89. The fourth-order valence-corrected chi connectivity index (χ4v) is 7.28. The van der Waals surface area contributed by atoms with Crippen LogP contribution in [0.15, 0.2) is 0 Å². The van der Waals surface area contributed by atoms with E-state index in [4.69, 9.17) is 9.47 Å². The van der Waals surface area contributed by atoms with Crippen molar-refractivity contribution < 1.29 is 49.7 Å².